The van der Waals surface area contributed by atoms with Crippen molar-refractivity contribution in [2.24, 2.45) is 4.99 Å². The highest BCUT2D eigenvalue weighted by molar-refractivity contribution is 6.02. The van der Waals surface area contributed by atoms with E-state index in [2.05, 4.69) is 0 Å². The Bertz CT molecular complexity index is 1120. The van der Waals surface area contributed by atoms with Gasteiger partial charge in [0.05, 0.1) is 31.0 Å². The fourth-order valence-corrected chi connectivity index (χ4v) is 3.70. The lowest BCUT2D eigenvalue weighted by molar-refractivity contribution is 0.407. The van der Waals surface area contributed by atoms with Crippen LogP contribution in [0.1, 0.15) is 29.7 Å². The standard InChI is InChI=1S/C22H19N3O3/c1-14-21(15-7-9-16(26-2)10-8-15)22-23-17(19-5-3-11-27-19)13-18(25(22)24-14)20-6-4-12-28-20/h3-12,18H,13H2,1-2H3/t18-/m1/s1. The van der Waals surface area contributed by atoms with E-state index >= 15 is 0 Å². The van der Waals surface area contributed by atoms with Crippen molar-refractivity contribution in [2.75, 3.05) is 7.11 Å². The largest absolute Gasteiger partial charge is 0.497 e. The molecule has 4 aromatic rings. The Kier molecular flexibility index (Phi) is 3.90. The van der Waals surface area contributed by atoms with Crippen LogP contribution in [0.4, 0.5) is 5.82 Å². The maximum Gasteiger partial charge on any atom is 0.159 e. The summed E-state index contributed by atoms with van der Waals surface area (Å²) in [6, 6.07) is 15.6. The first-order chi connectivity index (χ1) is 13.7. The van der Waals surface area contributed by atoms with Gasteiger partial charge in [0.25, 0.3) is 0 Å². The number of hydrogen-bond acceptors (Lipinski definition) is 5. The Hall–Kier alpha value is -3.54. The Balaban J connectivity index is 1.70. The lowest BCUT2D eigenvalue weighted by Gasteiger charge is -2.22. The van der Waals surface area contributed by atoms with E-state index in [1.54, 1.807) is 19.6 Å². The minimum absolute atomic E-state index is 0.0756. The summed E-state index contributed by atoms with van der Waals surface area (Å²) in [6.45, 7) is 2.01. The number of nitrogens with zero attached hydrogens (tertiary/aromatic N) is 3. The topological polar surface area (TPSA) is 65.7 Å². The molecule has 0 saturated carbocycles. The highest BCUT2D eigenvalue weighted by Gasteiger charge is 2.31. The average Bonchev–Trinajstić information content (AvgIpc) is 3.47. The fourth-order valence-electron chi connectivity index (χ4n) is 3.70. The molecule has 0 saturated heterocycles. The molecule has 0 spiro atoms. The van der Waals surface area contributed by atoms with Crippen LogP contribution in [0.5, 0.6) is 5.75 Å². The number of fused-ring (bicyclic) bond motifs is 1. The lowest BCUT2D eigenvalue weighted by Crippen LogP contribution is -2.20. The van der Waals surface area contributed by atoms with Crippen LogP contribution in [0, 0.1) is 6.92 Å². The molecule has 0 radical (unpaired) electrons. The fraction of sp³-hybridized carbons (Fsp3) is 0.182. The second kappa shape index (κ2) is 6.56. The van der Waals surface area contributed by atoms with Crippen LogP contribution in [0.25, 0.3) is 11.1 Å². The Morgan fingerprint density at radius 2 is 1.82 bits per heavy atom. The molecule has 0 N–H and O–H groups in total. The van der Waals surface area contributed by atoms with Gasteiger partial charge in [0, 0.05) is 12.0 Å². The molecule has 6 nitrogen and oxygen atoms in total. The maximum absolute atomic E-state index is 5.72. The first-order valence-corrected chi connectivity index (χ1v) is 9.13. The summed E-state index contributed by atoms with van der Waals surface area (Å²) >= 11 is 0. The Labute approximate surface area is 162 Å². The third-order valence-electron chi connectivity index (χ3n) is 5.04. The monoisotopic (exact) mass is 373 g/mol. The Morgan fingerprint density at radius 3 is 2.50 bits per heavy atom. The molecule has 1 aromatic carbocycles. The van der Waals surface area contributed by atoms with Crippen LogP contribution < -0.4 is 4.74 Å². The number of aryl methyl sites for hydroxylation is 1. The summed E-state index contributed by atoms with van der Waals surface area (Å²) in [5.74, 6) is 3.24. The number of rotatable bonds is 4. The van der Waals surface area contributed by atoms with E-state index in [9.17, 15) is 0 Å². The van der Waals surface area contributed by atoms with Gasteiger partial charge < -0.3 is 13.6 Å². The van der Waals surface area contributed by atoms with Crippen LogP contribution in [-0.2, 0) is 0 Å². The number of benzene rings is 1. The number of methoxy groups -OCH3 is 1. The molecule has 1 aliphatic rings. The summed E-state index contributed by atoms with van der Waals surface area (Å²) in [7, 11) is 1.66. The number of furan rings is 2. The summed E-state index contributed by atoms with van der Waals surface area (Å²) in [4.78, 5) is 4.94. The van der Waals surface area contributed by atoms with E-state index < -0.39 is 0 Å². The van der Waals surface area contributed by atoms with Crippen molar-refractivity contribution < 1.29 is 13.6 Å². The molecular formula is C22H19N3O3. The predicted molar refractivity (Wildman–Crippen MR) is 105 cm³/mol. The average molecular weight is 373 g/mol. The maximum atomic E-state index is 5.72. The van der Waals surface area contributed by atoms with Gasteiger partial charge in [-0.1, -0.05) is 12.1 Å². The molecule has 28 heavy (non-hydrogen) atoms. The van der Waals surface area contributed by atoms with Crippen molar-refractivity contribution >= 4 is 11.5 Å². The quantitative estimate of drug-likeness (QED) is 0.495. The molecule has 0 fully saturated rings. The van der Waals surface area contributed by atoms with E-state index in [1.807, 2.05) is 60.1 Å². The van der Waals surface area contributed by atoms with Gasteiger partial charge in [-0.05, 0) is 48.9 Å². The molecule has 5 rings (SSSR count). The van der Waals surface area contributed by atoms with Gasteiger partial charge in [0.1, 0.15) is 23.3 Å². The molecule has 3 aromatic heterocycles. The van der Waals surface area contributed by atoms with E-state index in [1.165, 1.54) is 0 Å². The number of aliphatic imine (C=N–C) groups is 1. The van der Waals surface area contributed by atoms with Gasteiger partial charge in [-0.2, -0.15) is 5.10 Å². The molecule has 6 heteroatoms. The summed E-state index contributed by atoms with van der Waals surface area (Å²) in [5, 5.41) is 4.81. The molecular weight excluding hydrogens is 354 g/mol. The van der Waals surface area contributed by atoms with E-state index in [0.717, 1.165) is 45.6 Å². The van der Waals surface area contributed by atoms with Crippen molar-refractivity contribution in [1.29, 1.82) is 0 Å². The first-order valence-electron chi connectivity index (χ1n) is 9.13. The normalized spacial score (nSPS) is 15.9. The third-order valence-corrected chi connectivity index (χ3v) is 5.04. The van der Waals surface area contributed by atoms with Gasteiger partial charge >= 0.3 is 0 Å². The second-order valence-corrected chi connectivity index (χ2v) is 6.73. The zero-order valence-corrected chi connectivity index (χ0v) is 15.6. The molecule has 4 heterocycles. The second-order valence-electron chi connectivity index (χ2n) is 6.73. The van der Waals surface area contributed by atoms with Crippen LogP contribution in [-0.4, -0.2) is 22.6 Å². The highest BCUT2D eigenvalue weighted by Crippen LogP contribution is 2.42. The van der Waals surface area contributed by atoms with Crippen LogP contribution >= 0.6 is 0 Å². The van der Waals surface area contributed by atoms with Crippen LogP contribution in [0.2, 0.25) is 0 Å². The summed E-state index contributed by atoms with van der Waals surface area (Å²) in [6.07, 6.45) is 4.01. The van der Waals surface area contributed by atoms with Crippen molar-refractivity contribution in [3.05, 3.63) is 78.3 Å². The first kappa shape index (κ1) is 16.6. The van der Waals surface area contributed by atoms with Gasteiger partial charge in [-0.25, -0.2) is 9.67 Å². The van der Waals surface area contributed by atoms with Crippen molar-refractivity contribution in [3.63, 3.8) is 0 Å². The highest BCUT2D eigenvalue weighted by atomic mass is 16.5. The van der Waals surface area contributed by atoms with Crippen LogP contribution in [0.3, 0.4) is 0 Å². The summed E-state index contributed by atoms with van der Waals surface area (Å²) < 4.78 is 18.6. The predicted octanol–water partition coefficient (Wildman–Crippen LogP) is 5.17. The molecule has 1 atom stereocenters. The molecule has 0 unspecified atom stereocenters. The van der Waals surface area contributed by atoms with Gasteiger partial charge in [0.2, 0.25) is 0 Å². The molecule has 140 valence electrons. The number of aromatic nitrogens is 2. The number of ether oxygens (including phenoxy) is 1. The minimum Gasteiger partial charge on any atom is -0.497 e. The van der Waals surface area contributed by atoms with Gasteiger partial charge in [-0.3, -0.25) is 0 Å². The van der Waals surface area contributed by atoms with Crippen LogP contribution in [0.15, 0.2) is 74.9 Å². The van der Waals surface area contributed by atoms with Crippen molar-refractivity contribution in [2.45, 2.75) is 19.4 Å². The smallest absolute Gasteiger partial charge is 0.159 e. The van der Waals surface area contributed by atoms with Gasteiger partial charge in [-0.15, -0.1) is 0 Å². The van der Waals surface area contributed by atoms with E-state index in [4.69, 9.17) is 23.7 Å². The molecule has 0 bridgehead atoms. The lowest BCUT2D eigenvalue weighted by atomic mass is 10.0. The third kappa shape index (κ3) is 2.65. The van der Waals surface area contributed by atoms with Gasteiger partial charge in [0.15, 0.2) is 5.82 Å². The summed E-state index contributed by atoms with van der Waals surface area (Å²) in [5.41, 5.74) is 3.85. The SMILES string of the molecule is COc1ccc(-c2c(C)nn3c2N=C(c2ccco2)C[C@@H]3c2ccco2)cc1. The zero-order chi connectivity index (χ0) is 19.1. The molecule has 0 amide bonds. The van der Waals surface area contributed by atoms with E-state index in [-0.39, 0.29) is 6.04 Å². The zero-order valence-electron chi connectivity index (χ0n) is 15.6. The minimum atomic E-state index is -0.0756. The molecule has 0 aliphatic carbocycles. The molecule has 1 aliphatic heterocycles. The van der Waals surface area contributed by atoms with Crippen molar-refractivity contribution in [3.8, 4) is 16.9 Å². The van der Waals surface area contributed by atoms with E-state index in [0.29, 0.717) is 6.42 Å². The Morgan fingerprint density at radius 1 is 1.04 bits per heavy atom. The number of hydrogen-bond donors (Lipinski definition) is 0. The van der Waals surface area contributed by atoms with Crippen molar-refractivity contribution in [1.82, 2.24) is 9.78 Å².